The van der Waals surface area contributed by atoms with E-state index in [2.05, 4.69) is 20.6 Å². The van der Waals surface area contributed by atoms with Crippen molar-refractivity contribution in [3.63, 3.8) is 0 Å². The predicted molar refractivity (Wildman–Crippen MR) is 78.5 cm³/mol. The van der Waals surface area contributed by atoms with Crippen LogP contribution in [0.2, 0.25) is 0 Å². The Morgan fingerprint density at radius 2 is 1.95 bits per heavy atom. The van der Waals surface area contributed by atoms with Gasteiger partial charge in [-0.3, -0.25) is 4.79 Å². The van der Waals surface area contributed by atoms with E-state index in [0.29, 0.717) is 17.9 Å². The van der Waals surface area contributed by atoms with Crippen LogP contribution in [0.15, 0.2) is 36.5 Å². The van der Waals surface area contributed by atoms with E-state index in [1.54, 1.807) is 24.4 Å². The average Bonchev–Trinajstić information content (AvgIpc) is 2.46. The van der Waals surface area contributed by atoms with Gasteiger partial charge in [0, 0.05) is 24.0 Å². The summed E-state index contributed by atoms with van der Waals surface area (Å²) in [5.74, 6) is 0.594. The van der Waals surface area contributed by atoms with Gasteiger partial charge in [-0.15, -0.1) is 0 Å². The number of benzene rings is 1. The maximum Gasteiger partial charge on any atom is 0.251 e. The number of nitrogens with zero attached hydrogens (tertiary/aromatic N) is 2. The highest BCUT2D eigenvalue weighted by atomic mass is 16.1. The lowest BCUT2D eigenvalue weighted by atomic mass is 10.2. The van der Waals surface area contributed by atoms with Crippen molar-refractivity contribution in [3.05, 3.63) is 53.6 Å². The normalized spacial score (nSPS) is 10.1. The van der Waals surface area contributed by atoms with Crippen LogP contribution in [-0.4, -0.2) is 22.4 Å². The molecule has 0 saturated carbocycles. The molecule has 0 aliphatic heterocycles. The summed E-state index contributed by atoms with van der Waals surface area (Å²) in [5.41, 5.74) is 2.45. The highest BCUT2D eigenvalue weighted by Gasteiger charge is 2.05. The molecule has 0 unspecified atom stereocenters. The minimum Gasteiger partial charge on any atom is -0.385 e. The van der Waals surface area contributed by atoms with Crippen LogP contribution in [0.4, 0.5) is 5.69 Å². The van der Waals surface area contributed by atoms with E-state index in [-0.39, 0.29) is 5.91 Å². The Balaban J connectivity index is 1.94. The van der Waals surface area contributed by atoms with E-state index < -0.39 is 0 Å². The number of amides is 1. The summed E-state index contributed by atoms with van der Waals surface area (Å²) in [6.45, 7) is 5.12. The Bertz CT molecular complexity index is 581. The number of carbonyl (C=O) groups is 1. The first-order valence-corrected chi connectivity index (χ1v) is 6.59. The minimum atomic E-state index is -0.107. The summed E-state index contributed by atoms with van der Waals surface area (Å²) in [7, 11) is 0. The van der Waals surface area contributed by atoms with Gasteiger partial charge in [0.25, 0.3) is 5.91 Å². The second kappa shape index (κ2) is 6.65. The van der Waals surface area contributed by atoms with Crippen molar-refractivity contribution in [2.75, 3.05) is 11.9 Å². The number of aryl methyl sites for hydroxylation is 1. The van der Waals surface area contributed by atoms with Crippen molar-refractivity contribution in [1.29, 1.82) is 0 Å². The largest absolute Gasteiger partial charge is 0.385 e. The summed E-state index contributed by atoms with van der Waals surface area (Å²) in [5, 5.41) is 6.03. The summed E-state index contributed by atoms with van der Waals surface area (Å²) >= 11 is 0. The van der Waals surface area contributed by atoms with Crippen molar-refractivity contribution in [3.8, 4) is 0 Å². The van der Waals surface area contributed by atoms with Gasteiger partial charge < -0.3 is 10.6 Å². The van der Waals surface area contributed by atoms with Crippen molar-refractivity contribution in [1.82, 2.24) is 15.3 Å². The van der Waals surface area contributed by atoms with Crippen LogP contribution in [0.3, 0.4) is 0 Å². The lowest BCUT2D eigenvalue weighted by molar-refractivity contribution is 0.0950. The van der Waals surface area contributed by atoms with Gasteiger partial charge in [0.1, 0.15) is 5.82 Å². The van der Waals surface area contributed by atoms with E-state index in [9.17, 15) is 4.79 Å². The third kappa shape index (κ3) is 3.78. The Labute approximate surface area is 118 Å². The standard InChI is InChI=1S/C15H18N4O/c1-3-16-13-6-4-12(5-7-13)15(20)18-10-14-8-9-17-11(2)19-14/h4-9,16H,3,10H2,1-2H3,(H,18,20). The Hall–Kier alpha value is -2.43. The first-order chi connectivity index (χ1) is 9.69. The van der Waals surface area contributed by atoms with Crippen LogP contribution in [0.5, 0.6) is 0 Å². The molecule has 0 aliphatic rings. The van der Waals surface area contributed by atoms with Crippen LogP contribution >= 0.6 is 0 Å². The quantitative estimate of drug-likeness (QED) is 0.873. The molecule has 1 aromatic heterocycles. The Morgan fingerprint density at radius 3 is 2.60 bits per heavy atom. The molecular weight excluding hydrogens is 252 g/mol. The fourth-order valence-corrected chi connectivity index (χ4v) is 1.82. The Kier molecular flexibility index (Phi) is 4.65. The Morgan fingerprint density at radius 1 is 1.20 bits per heavy atom. The zero-order chi connectivity index (χ0) is 14.4. The molecule has 0 radical (unpaired) electrons. The van der Waals surface area contributed by atoms with E-state index in [1.807, 2.05) is 26.0 Å². The topological polar surface area (TPSA) is 66.9 Å². The molecular formula is C15H18N4O. The number of aromatic nitrogens is 2. The zero-order valence-corrected chi connectivity index (χ0v) is 11.7. The van der Waals surface area contributed by atoms with E-state index in [0.717, 1.165) is 17.9 Å². The van der Waals surface area contributed by atoms with Crippen LogP contribution in [0.25, 0.3) is 0 Å². The van der Waals surface area contributed by atoms with Crippen molar-refractivity contribution < 1.29 is 4.79 Å². The number of anilines is 1. The number of carbonyl (C=O) groups excluding carboxylic acids is 1. The summed E-state index contributed by atoms with van der Waals surface area (Å²) in [6.07, 6.45) is 1.69. The van der Waals surface area contributed by atoms with Gasteiger partial charge in [0.2, 0.25) is 0 Å². The molecule has 0 atom stereocenters. The molecule has 1 amide bonds. The number of hydrogen-bond acceptors (Lipinski definition) is 4. The van der Waals surface area contributed by atoms with E-state index in [4.69, 9.17) is 0 Å². The second-order valence-electron chi connectivity index (χ2n) is 4.39. The van der Waals surface area contributed by atoms with Crippen LogP contribution in [-0.2, 0) is 6.54 Å². The smallest absolute Gasteiger partial charge is 0.251 e. The second-order valence-corrected chi connectivity index (χ2v) is 4.39. The van der Waals surface area contributed by atoms with Gasteiger partial charge in [-0.25, -0.2) is 9.97 Å². The maximum atomic E-state index is 12.0. The van der Waals surface area contributed by atoms with Crippen molar-refractivity contribution >= 4 is 11.6 Å². The fraction of sp³-hybridized carbons (Fsp3) is 0.267. The molecule has 2 rings (SSSR count). The summed E-state index contributed by atoms with van der Waals surface area (Å²) in [4.78, 5) is 20.3. The molecule has 104 valence electrons. The first kappa shape index (κ1) is 14.0. The third-order valence-electron chi connectivity index (χ3n) is 2.79. The molecule has 2 aromatic rings. The zero-order valence-electron chi connectivity index (χ0n) is 11.7. The van der Waals surface area contributed by atoms with Gasteiger partial charge in [-0.05, 0) is 44.2 Å². The molecule has 0 saturated heterocycles. The SMILES string of the molecule is CCNc1ccc(C(=O)NCc2ccnc(C)n2)cc1. The highest BCUT2D eigenvalue weighted by Crippen LogP contribution is 2.09. The van der Waals surface area contributed by atoms with Crippen LogP contribution in [0.1, 0.15) is 28.8 Å². The maximum absolute atomic E-state index is 12.0. The summed E-state index contributed by atoms with van der Waals surface area (Å²) in [6, 6.07) is 9.19. The minimum absolute atomic E-state index is 0.107. The molecule has 0 bridgehead atoms. The molecule has 5 nitrogen and oxygen atoms in total. The lowest BCUT2D eigenvalue weighted by Crippen LogP contribution is -2.23. The van der Waals surface area contributed by atoms with Gasteiger partial charge in [0.05, 0.1) is 12.2 Å². The molecule has 0 spiro atoms. The molecule has 0 fully saturated rings. The number of nitrogens with one attached hydrogen (secondary N) is 2. The van der Waals surface area contributed by atoms with E-state index >= 15 is 0 Å². The lowest BCUT2D eigenvalue weighted by Gasteiger charge is -2.07. The van der Waals surface area contributed by atoms with Gasteiger partial charge in [-0.2, -0.15) is 0 Å². The molecule has 5 heteroatoms. The first-order valence-electron chi connectivity index (χ1n) is 6.59. The molecule has 20 heavy (non-hydrogen) atoms. The summed E-state index contributed by atoms with van der Waals surface area (Å²) < 4.78 is 0. The van der Waals surface area contributed by atoms with Crippen molar-refractivity contribution in [2.24, 2.45) is 0 Å². The third-order valence-corrected chi connectivity index (χ3v) is 2.79. The van der Waals surface area contributed by atoms with Crippen LogP contribution in [0, 0.1) is 6.92 Å². The monoisotopic (exact) mass is 270 g/mol. The van der Waals surface area contributed by atoms with Gasteiger partial charge >= 0.3 is 0 Å². The van der Waals surface area contributed by atoms with E-state index in [1.165, 1.54) is 0 Å². The predicted octanol–water partition coefficient (Wildman–Crippen LogP) is 2.15. The average molecular weight is 270 g/mol. The molecule has 1 aromatic carbocycles. The van der Waals surface area contributed by atoms with Gasteiger partial charge in [-0.1, -0.05) is 0 Å². The number of hydrogen-bond donors (Lipinski definition) is 2. The highest BCUT2D eigenvalue weighted by molar-refractivity contribution is 5.94. The molecule has 1 heterocycles. The molecule has 2 N–H and O–H groups in total. The van der Waals surface area contributed by atoms with Crippen molar-refractivity contribution in [2.45, 2.75) is 20.4 Å². The van der Waals surface area contributed by atoms with Crippen LogP contribution < -0.4 is 10.6 Å². The number of rotatable bonds is 5. The molecule has 0 aliphatic carbocycles. The fourth-order valence-electron chi connectivity index (χ4n) is 1.82. The van der Waals surface area contributed by atoms with Gasteiger partial charge in [0.15, 0.2) is 0 Å².